The maximum Gasteiger partial charge on any atom is 0.279 e. The van der Waals surface area contributed by atoms with Crippen molar-refractivity contribution in [1.29, 1.82) is 0 Å². The predicted molar refractivity (Wildman–Crippen MR) is 120 cm³/mol. The molecule has 0 fully saturated rings. The van der Waals surface area contributed by atoms with E-state index in [9.17, 15) is 14.4 Å². The number of hydrogen-bond acceptors (Lipinski definition) is 5. The van der Waals surface area contributed by atoms with Gasteiger partial charge >= 0.3 is 0 Å². The number of carbonyl (C=O) groups is 3. The van der Waals surface area contributed by atoms with E-state index in [0.29, 0.717) is 23.7 Å². The second kappa shape index (κ2) is 10.8. The van der Waals surface area contributed by atoms with Crippen LogP contribution in [0.2, 0.25) is 0 Å². The third kappa shape index (κ3) is 6.21. The summed E-state index contributed by atoms with van der Waals surface area (Å²) in [4.78, 5) is 36.3. The maximum atomic E-state index is 12.2. The Bertz CT molecular complexity index is 1100. The van der Waals surface area contributed by atoms with Gasteiger partial charge in [-0.1, -0.05) is 30.3 Å². The van der Waals surface area contributed by atoms with Crippen molar-refractivity contribution in [2.45, 2.75) is 20.0 Å². The zero-order chi connectivity index (χ0) is 22.9. The van der Waals surface area contributed by atoms with E-state index in [1.165, 1.54) is 0 Å². The molecule has 3 aromatic rings. The summed E-state index contributed by atoms with van der Waals surface area (Å²) in [7, 11) is 0. The summed E-state index contributed by atoms with van der Waals surface area (Å²) in [6, 6.07) is 19.9. The van der Waals surface area contributed by atoms with Crippen LogP contribution in [0.15, 0.2) is 66.7 Å². The summed E-state index contributed by atoms with van der Waals surface area (Å²) in [6.07, 6.45) is -0.838. The summed E-state index contributed by atoms with van der Waals surface area (Å²) in [5, 5.41) is 4.55. The lowest BCUT2D eigenvalue weighted by Gasteiger charge is -2.15. The summed E-state index contributed by atoms with van der Waals surface area (Å²) in [5.41, 5.74) is 4.94. The Kier molecular flexibility index (Phi) is 7.64. The van der Waals surface area contributed by atoms with Crippen LogP contribution < -0.4 is 25.6 Å². The fourth-order valence-electron chi connectivity index (χ4n) is 2.91. The van der Waals surface area contributed by atoms with Gasteiger partial charge in [-0.15, -0.1) is 0 Å². The zero-order valence-electron chi connectivity index (χ0n) is 17.9. The topological polar surface area (TPSA) is 106 Å². The number of rotatable bonds is 8. The van der Waals surface area contributed by atoms with Crippen molar-refractivity contribution in [3.63, 3.8) is 0 Å². The summed E-state index contributed by atoms with van der Waals surface area (Å²) >= 11 is 0. The Morgan fingerprint density at radius 3 is 2.28 bits per heavy atom. The molecule has 8 nitrogen and oxygen atoms in total. The lowest BCUT2D eigenvalue weighted by Crippen LogP contribution is -2.50. The zero-order valence-corrected chi connectivity index (χ0v) is 17.9. The normalized spacial score (nSPS) is 11.3. The van der Waals surface area contributed by atoms with E-state index in [-0.39, 0.29) is 6.54 Å². The maximum absolute atomic E-state index is 12.2. The molecule has 3 N–H and O–H groups in total. The molecule has 1 atom stereocenters. The third-order valence-electron chi connectivity index (χ3n) is 4.57. The number of benzene rings is 3. The van der Waals surface area contributed by atoms with Gasteiger partial charge in [0.05, 0.1) is 13.2 Å². The van der Waals surface area contributed by atoms with E-state index >= 15 is 0 Å². The molecule has 0 aliphatic rings. The quantitative estimate of drug-likeness (QED) is 0.472. The van der Waals surface area contributed by atoms with Gasteiger partial charge < -0.3 is 14.8 Å². The van der Waals surface area contributed by atoms with Crippen LogP contribution in [0.25, 0.3) is 10.8 Å². The standard InChI is InChI=1S/C24H25N3O5/c1-3-31-20-11-9-18(10-12-20)24(30)25-15-22(28)26-27-23(29)16(2)32-21-13-8-17-6-4-5-7-19(17)14-21/h4-14,16H,3,15H2,1-2H3,(H,25,30)(H,26,28)(H,27,29). The van der Waals surface area contributed by atoms with Gasteiger partial charge in [0.15, 0.2) is 6.10 Å². The highest BCUT2D eigenvalue weighted by atomic mass is 16.5. The van der Waals surface area contributed by atoms with E-state index in [1.807, 2.05) is 43.3 Å². The van der Waals surface area contributed by atoms with Crippen molar-refractivity contribution in [1.82, 2.24) is 16.2 Å². The fourth-order valence-corrected chi connectivity index (χ4v) is 2.91. The molecule has 0 heterocycles. The fraction of sp³-hybridized carbons (Fsp3) is 0.208. The van der Waals surface area contributed by atoms with Crippen LogP contribution in [0.4, 0.5) is 0 Å². The summed E-state index contributed by atoms with van der Waals surface area (Å²) < 4.78 is 11.0. The predicted octanol–water partition coefficient (Wildman–Crippen LogP) is 2.58. The molecule has 0 saturated carbocycles. The van der Waals surface area contributed by atoms with Crippen LogP contribution in [-0.2, 0) is 9.59 Å². The molecule has 0 radical (unpaired) electrons. The Hall–Kier alpha value is -4.07. The third-order valence-corrected chi connectivity index (χ3v) is 4.57. The lowest BCUT2D eigenvalue weighted by atomic mass is 10.1. The molecular weight excluding hydrogens is 410 g/mol. The van der Waals surface area contributed by atoms with Gasteiger partial charge in [-0.05, 0) is 61.0 Å². The largest absolute Gasteiger partial charge is 0.494 e. The van der Waals surface area contributed by atoms with Crippen molar-refractivity contribution in [3.05, 3.63) is 72.3 Å². The van der Waals surface area contributed by atoms with Crippen LogP contribution in [-0.4, -0.2) is 37.0 Å². The Balaban J connectivity index is 1.42. The SMILES string of the molecule is CCOc1ccc(C(=O)NCC(=O)NNC(=O)C(C)Oc2ccc3ccccc3c2)cc1. The molecule has 3 rings (SSSR count). The molecule has 0 aliphatic heterocycles. The van der Waals surface area contributed by atoms with Crippen molar-refractivity contribution >= 4 is 28.5 Å². The lowest BCUT2D eigenvalue weighted by molar-refractivity contribution is -0.132. The highest BCUT2D eigenvalue weighted by Crippen LogP contribution is 2.21. The molecule has 0 spiro atoms. The van der Waals surface area contributed by atoms with E-state index in [0.717, 1.165) is 10.8 Å². The van der Waals surface area contributed by atoms with Crippen molar-refractivity contribution in [2.24, 2.45) is 0 Å². The van der Waals surface area contributed by atoms with E-state index in [1.54, 1.807) is 37.3 Å². The number of carbonyl (C=O) groups excluding carboxylic acids is 3. The first-order valence-electron chi connectivity index (χ1n) is 10.2. The molecule has 0 aliphatic carbocycles. The molecule has 3 amide bonds. The number of amides is 3. The number of ether oxygens (including phenoxy) is 2. The summed E-state index contributed by atoms with van der Waals surface area (Å²) in [6.45, 7) is 3.67. The second-order valence-corrected chi connectivity index (χ2v) is 6.95. The monoisotopic (exact) mass is 435 g/mol. The minimum absolute atomic E-state index is 0.299. The molecule has 1 unspecified atom stereocenters. The van der Waals surface area contributed by atoms with Gasteiger partial charge in [-0.25, -0.2) is 0 Å². The van der Waals surface area contributed by atoms with Crippen LogP contribution in [0.1, 0.15) is 24.2 Å². The van der Waals surface area contributed by atoms with Crippen LogP contribution in [0, 0.1) is 0 Å². The van der Waals surface area contributed by atoms with Crippen LogP contribution in [0.5, 0.6) is 11.5 Å². The van der Waals surface area contributed by atoms with E-state index in [2.05, 4.69) is 16.2 Å². The van der Waals surface area contributed by atoms with Gasteiger partial charge in [0.2, 0.25) is 0 Å². The molecule has 32 heavy (non-hydrogen) atoms. The second-order valence-electron chi connectivity index (χ2n) is 6.95. The first-order valence-corrected chi connectivity index (χ1v) is 10.2. The van der Waals surface area contributed by atoms with Crippen molar-refractivity contribution in [2.75, 3.05) is 13.2 Å². The molecule has 0 aromatic heterocycles. The Morgan fingerprint density at radius 1 is 0.875 bits per heavy atom. The number of nitrogens with one attached hydrogen (secondary N) is 3. The van der Waals surface area contributed by atoms with Gasteiger partial charge in [0.25, 0.3) is 17.7 Å². The molecule has 8 heteroatoms. The molecule has 0 saturated heterocycles. The number of fused-ring (bicyclic) bond motifs is 1. The highest BCUT2D eigenvalue weighted by molar-refractivity contribution is 5.96. The van der Waals surface area contributed by atoms with Gasteiger partial charge in [0, 0.05) is 5.56 Å². The van der Waals surface area contributed by atoms with Crippen molar-refractivity contribution in [3.8, 4) is 11.5 Å². The average Bonchev–Trinajstić information content (AvgIpc) is 2.81. The number of hydrazine groups is 1. The summed E-state index contributed by atoms with van der Waals surface area (Å²) in [5.74, 6) is -0.313. The van der Waals surface area contributed by atoms with Crippen LogP contribution in [0.3, 0.4) is 0 Å². The highest BCUT2D eigenvalue weighted by Gasteiger charge is 2.16. The molecule has 3 aromatic carbocycles. The van der Waals surface area contributed by atoms with E-state index in [4.69, 9.17) is 9.47 Å². The Labute approximate surface area is 185 Å². The van der Waals surface area contributed by atoms with Gasteiger partial charge in [0.1, 0.15) is 11.5 Å². The number of hydrogen-bond donors (Lipinski definition) is 3. The first-order chi connectivity index (χ1) is 15.5. The molecular formula is C24H25N3O5. The minimum atomic E-state index is -0.838. The minimum Gasteiger partial charge on any atom is -0.494 e. The smallest absolute Gasteiger partial charge is 0.279 e. The Morgan fingerprint density at radius 2 is 1.56 bits per heavy atom. The molecule has 0 bridgehead atoms. The average molecular weight is 435 g/mol. The molecule has 166 valence electrons. The van der Waals surface area contributed by atoms with Crippen molar-refractivity contribution < 1.29 is 23.9 Å². The van der Waals surface area contributed by atoms with Gasteiger partial charge in [-0.3, -0.25) is 25.2 Å². The first kappa shape index (κ1) is 22.6. The van der Waals surface area contributed by atoms with Gasteiger partial charge in [-0.2, -0.15) is 0 Å². The van der Waals surface area contributed by atoms with E-state index < -0.39 is 23.8 Å². The van der Waals surface area contributed by atoms with Crippen LogP contribution >= 0.6 is 0 Å².